The van der Waals surface area contributed by atoms with Crippen molar-refractivity contribution in [3.05, 3.63) is 16.3 Å². The van der Waals surface area contributed by atoms with E-state index in [1.165, 1.54) is 54.6 Å². The first-order chi connectivity index (χ1) is 11.7. The Hall–Kier alpha value is -1.24. The number of rotatable bonds is 4. The van der Waals surface area contributed by atoms with E-state index in [1.807, 2.05) is 18.4 Å². The minimum atomic E-state index is 0.868. The number of aryl methyl sites for hydroxylation is 2. The molecule has 1 saturated heterocycles. The maximum Gasteiger partial charge on any atom is 0.187 e. The molecule has 3 heterocycles. The number of nitrogens with zero attached hydrogens (tertiary/aromatic N) is 3. The van der Waals surface area contributed by atoms with E-state index in [1.54, 1.807) is 17.1 Å². The highest BCUT2D eigenvalue weighted by atomic mass is 32.1. The number of quaternary nitrogens is 1. The van der Waals surface area contributed by atoms with Crippen LogP contribution in [0.3, 0.4) is 0 Å². The van der Waals surface area contributed by atoms with E-state index in [4.69, 9.17) is 14.8 Å². The van der Waals surface area contributed by atoms with Gasteiger partial charge in [-0.15, -0.1) is 11.3 Å². The Morgan fingerprint density at radius 3 is 2.79 bits per heavy atom. The summed E-state index contributed by atoms with van der Waals surface area (Å²) in [4.78, 5) is 19.6. The molecule has 2 aliphatic rings. The molecule has 4 rings (SSSR count). The van der Waals surface area contributed by atoms with Gasteiger partial charge in [-0.2, -0.15) is 0 Å². The number of likely N-dealkylation sites (tertiary alicyclic amines) is 1. The van der Waals surface area contributed by atoms with Crippen LogP contribution < -0.4 is 9.96 Å². The third-order valence-corrected chi connectivity index (χ3v) is 6.74. The Morgan fingerprint density at radius 1 is 1.25 bits per heavy atom. The molecular weight excluding hydrogens is 320 g/mol. The van der Waals surface area contributed by atoms with Crippen LogP contribution >= 0.6 is 11.3 Å². The van der Waals surface area contributed by atoms with Crippen molar-refractivity contribution in [2.45, 2.75) is 45.6 Å². The molecule has 0 radical (unpaired) electrons. The first kappa shape index (κ1) is 16.2. The van der Waals surface area contributed by atoms with Crippen LogP contribution in [0, 0.1) is 5.92 Å². The molecule has 1 fully saturated rings. The second kappa shape index (κ2) is 6.58. The molecule has 0 bridgehead atoms. The molecule has 130 valence electrons. The van der Waals surface area contributed by atoms with Crippen molar-refractivity contribution >= 4 is 27.4 Å². The molecule has 0 spiro atoms. The monoisotopic (exact) mass is 347 g/mol. The Bertz CT molecular complexity index is 736. The topological polar surface area (TPSA) is 42.7 Å². The zero-order valence-corrected chi connectivity index (χ0v) is 15.7. The molecule has 1 aliphatic heterocycles. The molecule has 6 heteroatoms. The highest BCUT2D eigenvalue weighted by Crippen LogP contribution is 2.40. The quantitative estimate of drug-likeness (QED) is 0.859. The van der Waals surface area contributed by atoms with E-state index in [2.05, 4.69) is 6.92 Å². The van der Waals surface area contributed by atoms with Gasteiger partial charge in [0, 0.05) is 11.9 Å². The number of aromatic nitrogens is 2. The van der Waals surface area contributed by atoms with Gasteiger partial charge >= 0.3 is 0 Å². The van der Waals surface area contributed by atoms with Crippen LogP contribution in [0.5, 0.6) is 0 Å². The summed E-state index contributed by atoms with van der Waals surface area (Å²) in [5.74, 6) is 2.78. The van der Waals surface area contributed by atoms with Gasteiger partial charge in [-0.25, -0.2) is 15.0 Å². The van der Waals surface area contributed by atoms with Gasteiger partial charge in [0.2, 0.25) is 0 Å². The molecule has 2 aromatic rings. The van der Waals surface area contributed by atoms with Gasteiger partial charge in [0.1, 0.15) is 11.4 Å². The standard InChI is InChI=1S/C18H26N4OS/c1-12-7-9-22(10-8-12)11-15-19-17(21(2)23-3)16-13-5-4-6-14(13)24-18(16)20-15/h12H,4-11H2,1-3H3/p+1. The molecular formula is C18H27N4OS+. The van der Waals surface area contributed by atoms with Gasteiger partial charge in [-0.05, 0) is 43.6 Å². The average molecular weight is 348 g/mol. The number of hydrogen-bond donors (Lipinski definition) is 1. The largest absolute Gasteiger partial charge is 0.329 e. The lowest BCUT2D eigenvalue weighted by Gasteiger charge is -2.27. The fraction of sp³-hybridized carbons (Fsp3) is 0.667. The molecule has 0 saturated carbocycles. The lowest BCUT2D eigenvalue weighted by molar-refractivity contribution is -0.920. The zero-order chi connectivity index (χ0) is 16.7. The third kappa shape index (κ3) is 2.91. The van der Waals surface area contributed by atoms with Gasteiger partial charge in [-0.3, -0.25) is 4.84 Å². The van der Waals surface area contributed by atoms with Crippen LogP contribution in [-0.4, -0.2) is 37.2 Å². The molecule has 0 amide bonds. The summed E-state index contributed by atoms with van der Waals surface area (Å²) in [6.45, 7) is 5.76. The van der Waals surface area contributed by atoms with Crippen molar-refractivity contribution < 1.29 is 9.74 Å². The molecule has 5 nitrogen and oxygen atoms in total. The van der Waals surface area contributed by atoms with Crippen LogP contribution in [0.1, 0.15) is 42.5 Å². The Balaban J connectivity index is 1.69. The van der Waals surface area contributed by atoms with Crippen molar-refractivity contribution in [2.24, 2.45) is 5.92 Å². The smallest absolute Gasteiger partial charge is 0.187 e. The number of hydroxylamine groups is 1. The van der Waals surface area contributed by atoms with Crippen LogP contribution in [0.2, 0.25) is 0 Å². The van der Waals surface area contributed by atoms with Gasteiger partial charge in [0.05, 0.1) is 25.6 Å². The van der Waals surface area contributed by atoms with Gasteiger partial charge in [-0.1, -0.05) is 6.92 Å². The van der Waals surface area contributed by atoms with E-state index in [9.17, 15) is 0 Å². The fourth-order valence-corrected chi connectivity index (χ4v) is 5.26. The van der Waals surface area contributed by atoms with Crippen LogP contribution in [0.15, 0.2) is 0 Å². The predicted octanol–water partition coefficient (Wildman–Crippen LogP) is 1.99. The van der Waals surface area contributed by atoms with Crippen molar-refractivity contribution in [3.8, 4) is 0 Å². The predicted molar refractivity (Wildman–Crippen MR) is 97.7 cm³/mol. The maximum absolute atomic E-state index is 5.47. The molecule has 2 aromatic heterocycles. The normalized spacial score (nSPS) is 23.6. The first-order valence-corrected chi connectivity index (χ1v) is 9.90. The minimum Gasteiger partial charge on any atom is -0.329 e. The number of thiophene rings is 1. The highest BCUT2D eigenvalue weighted by Gasteiger charge is 2.26. The van der Waals surface area contributed by atoms with Gasteiger partial charge in [0.15, 0.2) is 11.6 Å². The van der Waals surface area contributed by atoms with E-state index in [0.717, 1.165) is 35.4 Å². The second-order valence-corrected chi connectivity index (χ2v) is 8.37. The molecule has 0 aromatic carbocycles. The molecule has 0 unspecified atom stereocenters. The Kier molecular flexibility index (Phi) is 4.45. The molecule has 24 heavy (non-hydrogen) atoms. The summed E-state index contributed by atoms with van der Waals surface area (Å²) in [7, 11) is 3.65. The van der Waals surface area contributed by atoms with E-state index in [0.29, 0.717) is 0 Å². The second-order valence-electron chi connectivity index (χ2n) is 7.29. The van der Waals surface area contributed by atoms with E-state index >= 15 is 0 Å². The van der Waals surface area contributed by atoms with E-state index in [-0.39, 0.29) is 0 Å². The van der Waals surface area contributed by atoms with Crippen molar-refractivity contribution in [1.82, 2.24) is 9.97 Å². The number of fused-ring (bicyclic) bond motifs is 3. The summed E-state index contributed by atoms with van der Waals surface area (Å²) in [6, 6.07) is 0. The lowest BCUT2D eigenvalue weighted by atomic mass is 9.99. The van der Waals surface area contributed by atoms with Crippen molar-refractivity contribution in [1.29, 1.82) is 0 Å². The average Bonchev–Trinajstić information content (AvgIpc) is 3.16. The zero-order valence-electron chi connectivity index (χ0n) is 14.9. The van der Waals surface area contributed by atoms with Crippen molar-refractivity contribution in [3.63, 3.8) is 0 Å². The molecule has 1 aliphatic carbocycles. The number of nitrogens with one attached hydrogen (secondary N) is 1. The third-order valence-electron chi connectivity index (χ3n) is 5.55. The Morgan fingerprint density at radius 2 is 2.04 bits per heavy atom. The number of piperidine rings is 1. The Labute approximate surface area is 147 Å². The lowest BCUT2D eigenvalue weighted by Crippen LogP contribution is -3.11. The number of hydrogen-bond acceptors (Lipinski definition) is 5. The summed E-state index contributed by atoms with van der Waals surface area (Å²) >= 11 is 1.86. The van der Waals surface area contributed by atoms with Crippen LogP contribution in [0.4, 0.5) is 5.82 Å². The summed E-state index contributed by atoms with van der Waals surface area (Å²) < 4.78 is 0. The molecule has 0 atom stereocenters. The maximum atomic E-state index is 5.47. The number of anilines is 1. The SMILES string of the molecule is CON(C)c1nc(C[NH+]2CCC(C)CC2)nc2sc3c(c12)CCC3. The van der Waals surface area contributed by atoms with Crippen molar-refractivity contribution in [2.75, 3.05) is 32.3 Å². The van der Waals surface area contributed by atoms with Crippen LogP contribution in [0.25, 0.3) is 10.2 Å². The highest BCUT2D eigenvalue weighted by molar-refractivity contribution is 7.19. The summed E-state index contributed by atoms with van der Waals surface area (Å²) in [5.41, 5.74) is 1.46. The van der Waals surface area contributed by atoms with Gasteiger partial charge in [0.25, 0.3) is 0 Å². The fourth-order valence-electron chi connectivity index (χ4n) is 3.98. The summed E-state index contributed by atoms with van der Waals surface area (Å²) in [5, 5.41) is 3.02. The molecule has 1 N–H and O–H groups in total. The van der Waals surface area contributed by atoms with E-state index < -0.39 is 0 Å². The minimum absolute atomic E-state index is 0.868. The first-order valence-electron chi connectivity index (χ1n) is 9.08. The van der Waals surface area contributed by atoms with Gasteiger partial charge < -0.3 is 4.90 Å². The van der Waals surface area contributed by atoms with Crippen LogP contribution in [-0.2, 0) is 24.2 Å². The summed E-state index contributed by atoms with van der Waals surface area (Å²) in [6.07, 6.45) is 6.23.